The van der Waals surface area contributed by atoms with E-state index in [-0.39, 0.29) is 5.91 Å². The van der Waals surface area contributed by atoms with Gasteiger partial charge in [0.2, 0.25) is 5.91 Å². The van der Waals surface area contributed by atoms with E-state index in [1.165, 1.54) is 16.7 Å². The first kappa shape index (κ1) is 21.4. The smallest absolute Gasteiger partial charge is 0.222 e. The van der Waals surface area contributed by atoms with Gasteiger partial charge in [-0.2, -0.15) is 0 Å². The van der Waals surface area contributed by atoms with Gasteiger partial charge in [-0.3, -0.25) is 14.7 Å². The average molecular weight is 420 g/mol. The summed E-state index contributed by atoms with van der Waals surface area (Å²) in [7, 11) is 1.85. The van der Waals surface area contributed by atoms with E-state index in [1.54, 1.807) is 0 Å². The number of hydrogen-bond donors (Lipinski definition) is 1. The minimum Gasteiger partial charge on any atom is -0.352 e. The molecule has 0 unspecified atom stereocenters. The number of aliphatic imine (C=N–C) groups is 1. The van der Waals surface area contributed by atoms with E-state index in [1.807, 2.05) is 11.9 Å². The third-order valence-electron chi connectivity index (χ3n) is 6.22. The van der Waals surface area contributed by atoms with E-state index in [0.29, 0.717) is 13.0 Å². The fraction of sp³-hybridized carbons (Fsp3) is 0.440. The Morgan fingerprint density at radius 2 is 1.61 bits per heavy atom. The molecule has 1 N–H and O–H groups in total. The number of amides is 1. The van der Waals surface area contributed by atoms with Crippen molar-refractivity contribution >= 4 is 11.9 Å². The van der Waals surface area contributed by atoms with Crippen LogP contribution in [0.5, 0.6) is 0 Å². The quantitative estimate of drug-likeness (QED) is 0.578. The topological polar surface area (TPSA) is 51.2 Å². The zero-order valence-corrected chi connectivity index (χ0v) is 18.5. The number of rotatable bonds is 6. The minimum absolute atomic E-state index is 0.270. The van der Waals surface area contributed by atoms with E-state index in [2.05, 4.69) is 74.7 Å². The van der Waals surface area contributed by atoms with Gasteiger partial charge in [-0.25, -0.2) is 0 Å². The van der Waals surface area contributed by atoms with Crippen LogP contribution in [0.3, 0.4) is 0 Å². The van der Waals surface area contributed by atoms with Gasteiger partial charge in [-0.1, -0.05) is 54.6 Å². The molecule has 1 amide bonds. The molecule has 4 rings (SSSR count). The molecule has 31 heavy (non-hydrogen) atoms. The van der Waals surface area contributed by atoms with Crippen molar-refractivity contribution in [1.82, 2.24) is 20.0 Å². The first-order chi connectivity index (χ1) is 15.2. The molecule has 2 aliphatic heterocycles. The van der Waals surface area contributed by atoms with Gasteiger partial charge in [0, 0.05) is 65.8 Å². The lowest BCUT2D eigenvalue weighted by Crippen LogP contribution is -2.52. The van der Waals surface area contributed by atoms with E-state index in [9.17, 15) is 4.79 Å². The van der Waals surface area contributed by atoms with Crippen molar-refractivity contribution in [2.45, 2.75) is 32.5 Å². The van der Waals surface area contributed by atoms with E-state index in [4.69, 9.17) is 0 Å². The summed E-state index contributed by atoms with van der Waals surface area (Å²) in [5, 5.41) is 3.55. The number of nitrogens with zero attached hydrogens (tertiary/aromatic N) is 4. The summed E-state index contributed by atoms with van der Waals surface area (Å²) in [6.45, 7) is 7.29. The van der Waals surface area contributed by atoms with Crippen molar-refractivity contribution < 1.29 is 4.79 Å². The standard InChI is InChI=1S/C25H33N5O/c1-26-25(29-16-14-28(15-17-29)19-21-8-3-2-4-9-21)27-18-22-10-5-6-11-23(22)20-30-13-7-12-24(30)31/h2-6,8-11H,7,12-20H2,1H3,(H,26,27). The minimum atomic E-state index is 0.270. The number of likely N-dealkylation sites (tertiary alicyclic amines) is 1. The van der Waals surface area contributed by atoms with Crippen LogP contribution in [-0.2, 0) is 24.4 Å². The number of carbonyl (C=O) groups excluding carboxylic acids is 1. The molecule has 0 aliphatic carbocycles. The molecule has 2 heterocycles. The number of piperazine rings is 1. The Kier molecular flexibility index (Phi) is 7.20. The Bertz CT molecular complexity index is 890. The average Bonchev–Trinajstić information content (AvgIpc) is 3.21. The first-order valence-corrected chi connectivity index (χ1v) is 11.3. The van der Waals surface area contributed by atoms with Gasteiger partial charge >= 0.3 is 0 Å². The fourth-order valence-electron chi connectivity index (χ4n) is 4.43. The van der Waals surface area contributed by atoms with Crippen LogP contribution in [0.1, 0.15) is 29.5 Å². The van der Waals surface area contributed by atoms with Crippen LogP contribution in [-0.4, -0.2) is 66.3 Å². The van der Waals surface area contributed by atoms with Crippen LogP contribution in [0.2, 0.25) is 0 Å². The predicted molar refractivity (Wildman–Crippen MR) is 125 cm³/mol. The zero-order valence-electron chi connectivity index (χ0n) is 18.5. The molecule has 2 aromatic carbocycles. The molecule has 2 aromatic rings. The predicted octanol–water partition coefficient (Wildman–Crippen LogP) is 2.70. The fourth-order valence-corrected chi connectivity index (χ4v) is 4.43. The Morgan fingerprint density at radius 3 is 2.29 bits per heavy atom. The number of benzene rings is 2. The molecule has 2 fully saturated rings. The van der Waals surface area contributed by atoms with Crippen LogP contribution in [0.4, 0.5) is 0 Å². The summed E-state index contributed by atoms with van der Waals surface area (Å²) in [6.07, 6.45) is 1.66. The maximum atomic E-state index is 12.0. The monoisotopic (exact) mass is 419 g/mol. The van der Waals surface area contributed by atoms with Crippen molar-refractivity contribution in [3.63, 3.8) is 0 Å². The SMILES string of the molecule is CN=C(NCc1ccccc1CN1CCCC1=O)N1CCN(Cc2ccccc2)CC1. The molecule has 164 valence electrons. The lowest BCUT2D eigenvalue weighted by molar-refractivity contribution is -0.128. The number of hydrogen-bond acceptors (Lipinski definition) is 3. The largest absolute Gasteiger partial charge is 0.352 e. The Labute approximate surface area is 185 Å². The molecule has 2 saturated heterocycles. The van der Waals surface area contributed by atoms with Gasteiger partial charge in [0.05, 0.1) is 0 Å². The van der Waals surface area contributed by atoms with Crippen molar-refractivity contribution in [1.29, 1.82) is 0 Å². The molecule has 0 saturated carbocycles. The highest BCUT2D eigenvalue weighted by molar-refractivity contribution is 5.80. The third kappa shape index (κ3) is 5.64. The van der Waals surface area contributed by atoms with Gasteiger partial charge in [0.15, 0.2) is 5.96 Å². The van der Waals surface area contributed by atoms with Gasteiger partial charge in [-0.05, 0) is 23.1 Å². The van der Waals surface area contributed by atoms with E-state index >= 15 is 0 Å². The number of nitrogens with one attached hydrogen (secondary N) is 1. The lowest BCUT2D eigenvalue weighted by Gasteiger charge is -2.36. The summed E-state index contributed by atoms with van der Waals surface area (Å²) in [4.78, 5) is 23.4. The zero-order chi connectivity index (χ0) is 21.5. The molecule has 6 nitrogen and oxygen atoms in total. The van der Waals surface area contributed by atoms with Crippen LogP contribution >= 0.6 is 0 Å². The second-order valence-electron chi connectivity index (χ2n) is 8.34. The summed E-state index contributed by atoms with van der Waals surface area (Å²) in [6, 6.07) is 19.1. The second-order valence-corrected chi connectivity index (χ2v) is 8.34. The van der Waals surface area contributed by atoms with Crippen molar-refractivity contribution in [3.05, 3.63) is 71.3 Å². The van der Waals surface area contributed by atoms with Gasteiger partial charge in [-0.15, -0.1) is 0 Å². The highest BCUT2D eigenvalue weighted by atomic mass is 16.2. The normalized spacial score (nSPS) is 18.0. The van der Waals surface area contributed by atoms with Gasteiger partial charge < -0.3 is 15.1 Å². The van der Waals surface area contributed by atoms with Crippen molar-refractivity contribution in [3.8, 4) is 0 Å². The van der Waals surface area contributed by atoms with E-state index < -0.39 is 0 Å². The number of guanidine groups is 1. The maximum Gasteiger partial charge on any atom is 0.222 e. The van der Waals surface area contributed by atoms with Crippen LogP contribution in [0, 0.1) is 0 Å². The number of carbonyl (C=O) groups is 1. The Balaban J connectivity index is 1.30. The Hall–Kier alpha value is -2.86. The summed E-state index contributed by atoms with van der Waals surface area (Å²) in [5.41, 5.74) is 3.81. The molecular formula is C25H33N5O. The van der Waals surface area contributed by atoms with Gasteiger partial charge in [0.25, 0.3) is 0 Å². The molecule has 2 aliphatic rings. The molecular weight excluding hydrogens is 386 g/mol. The summed E-state index contributed by atoms with van der Waals surface area (Å²) in [5.74, 6) is 1.22. The molecule has 0 spiro atoms. The highest BCUT2D eigenvalue weighted by Gasteiger charge is 2.22. The van der Waals surface area contributed by atoms with Crippen LogP contribution in [0.15, 0.2) is 59.6 Å². The summed E-state index contributed by atoms with van der Waals surface area (Å²) < 4.78 is 0. The highest BCUT2D eigenvalue weighted by Crippen LogP contribution is 2.17. The van der Waals surface area contributed by atoms with Crippen molar-refractivity contribution in [2.75, 3.05) is 39.8 Å². The Morgan fingerprint density at radius 1 is 0.903 bits per heavy atom. The summed E-state index contributed by atoms with van der Waals surface area (Å²) >= 11 is 0. The van der Waals surface area contributed by atoms with E-state index in [0.717, 1.165) is 58.2 Å². The van der Waals surface area contributed by atoms with Crippen molar-refractivity contribution in [2.24, 2.45) is 4.99 Å². The third-order valence-corrected chi connectivity index (χ3v) is 6.22. The van der Waals surface area contributed by atoms with Crippen LogP contribution < -0.4 is 5.32 Å². The molecule has 0 bridgehead atoms. The molecule has 0 aromatic heterocycles. The second kappa shape index (κ2) is 10.4. The molecule has 6 heteroatoms. The lowest BCUT2D eigenvalue weighted by atomic mass is 10.1. The molecule has 0 atom stereocenters. The van der Waals surface area contributed by atoms with Crippen LogP contribution in [0.25, 0.3) is 0 Å². The molecule has 0 radical (unpaired) electrons. The first-order valence-electron chi connectivity index (χ1n) is 11.3. The van der Waals surface area contributed by atoms with Gasteiger partial charge in [0.1, 0.15) is 0 Å². The maximum absolute atomic E-state index is 12.0.